The van der Waals surface area contributed by atoms with Crippen molar-refractivity contribution in [3.8, 4) is 0 Å². The summed E-state index contributed by atoms with van der Waals surface area (Å²) in [7, 11) is 0. The fourth-order valence-corrected chi connectivity index (χ4v) is 4.02. The highest BCUT2D eigenvalue weighted by molar-refractivity contribution is 5.73. The topological polar surface area (TPSA) is 61.4 Å². The molecule has 1 aliphatic rings. The Morgan fingerprint density at radius 2 is 1.90 bits per heavy atom. The number of amides is 1. The molecular formula is C23H28F2N2O2. The van der Waals surface area contributed by atoms with E-state index in [1.54, 1.807) is 0 Å². The molecule has 0 saturated heterocycles. The smallest absolute Gasteiger partial charge is 0.217 e. The Morgan fingerprint density at radius 3 is 2.55 bits per heavy atom. The van der Waals surface area contributed by atoms with Gasteiger partial charge in [-0.05, 0) is 60.1 Å². The van der Waals surface area contributed by atoms with Gasteiger partial charge in [-0.25, -0.2) is 8.78 Å². The van der Waals surface area contributed by atoms with Crippen molar-refractivity contribution in [2.75, 3.05) is 6.54 Å². The van der Waals surface area contributed by atoms with Crippen molar-refractivity contribution in [1.82, 2.24) is 10.6 Å². The van der Waals surface area contributed by atoms with E-state index >= 15 is 0 Å². The SMILES string of the molecule is CCc1ccc2c(c1)[C@@H](NC[C@H](O)[C@H](Cc1cc(F)cc(F)c1)NC(C)=O)CC2. The highest BCUT2D eigenvalue weighted by atomic mass is 19.1. The van der Waals surface area contributed by atoms with E-state index in [-0.39, 0.29) is 24.9 Å². The molecule has 3 rings (SSSR count). The summed E-state index contributed by atoms with van der Waals surface area (Å²) in [6.07, 6.45) is 2.15. The Kier molecular flexibility index (Phi) is 6.98. The Hall–Kier alpha value is -2.31. The number of aliphatic hydroxyl groups is 1. The predicted molar refractivity (Wildman–Crippen MR) is 109 cm³/mol. The first-order chi connectivity index (χ1) is 13.9. The predicted octanol–water partition coefficient (Wildman–Crippen LogP) is 3.21. The molecule has 0 heterocycles. The lowest BCUT2D eigenvalue weighted by molar-refractivity contribution is -0.120. The number of fused-ring (bicyclic) bond motifs is 1. The zero-order chi connectivity index (χ0) is 21.0. The molecule has 1 amide bonds. The van der Waals surface area contributed by atoms with E-state index in [4.69, 9.17) is 0 Å². The number of benzene rings is 2. The maximum atomic E-state index is 13.5. The van der Waals surface area contributed by atoms with E-state index in [9.17, 15) is 18.7 Å². The number of halogens is 2. The second-order valence-electron chi connectivity index (χ2n) is 7.74. The number of hydrogen-bond acceptors (Lipinski definition) is 3. The lowest BCUT2D eigenvalue weighted by Crippen LogP contribution is -2.48. The molecule has 1 aliphatic carbocycles. The number of aliphatic hydroxyl groups excluding tert-OH is 1. The summed E-state index contributed by atoms with van der Waals surface area (Å²) in [6.45, 7) is 3.75. The molecule has 0 aliphatic heterocycles. The third kappa shape index (κ3) is 5.61. The van der Waals surface area contributed by atoms with E-state index in [0.29, 0.717) is 5.56 Å². The Labute approximate surface area is 170 Å². The van der Waals surface area contributed by atoms with Crippen LogP contribution in [-0.2, 0) is 24.1 Å². The molecule has 2 aromatic rings. The zero-order valence-electron chi connectivity index (χ0n) is 16.8. The molecule has 2 aromatic carbocycles. The van der Waals surface area contributed by atoms with Crippen molar-refractivity contribution in [3.63, 3.8) is 0 Å². The normalized spacial score (nSPS) is 17.6. The van der Waals surface area contributed by atoms with Crippen molar-refractivity contribution >= 4 is 5.91 Å². The van der Waals surface area contributed by atoms with Crippen LogP contribution < -0.4 is 10.6 Å². The monoisotopic (exact) mass is 402 g/mol. The quantitative estimate of drug-likeness (QED) is 0.635. The van der Waals surface area contributed by atoms with Gasteiger partial charge in [0.2, 0.25) is 5.91 Å². The van der Waals surface area contributed by atoms with Gasteiger partial charge in [0.1, 0.15) is 11.6 Å². The largest absolute Gasteiger partial charge is 0.390 e. The molecule has 0 fully saturated rings. The second kappa shape index (κ2) is 9.46. The van der Waals surface area contributed by atoms with Crippen molar-refractivity contribution < 1.29 is 18.7 Å². The number of nitrogens with one attached hydrogen (secondary N) is 2. The molecule has 0 saturated carbocycles. The van der Waals surface area contributed by atoms with E-state index < -0.39 is 23.8 Å². The van der Waals surface area contributed by atoms with Crippen LogP contribution in [0.5, 0.6) is 0 Å². The first kappa shape index (κ1) is 21.4. The fraction of sp³-hybridized carbons (Fsp3) is 0.435. The molecule has 0 bridgehead atoms. The molecule has 0 radical (unpaired) electrons. The van der Waals surface area contributed by atoms with Crippen LogP contribution in [0.4, 0.5) is 8.78 Å². The minimum atomic E-state index is -0.899. The van der Waals surface area contributed by atoms with Crippen LogP contribution in [0.3, 0.4) is 0 Å². The second-order valence-corrected chi connectivity index (χ2v) is 7.74. The van der Waals surface area contributed by atoms with Crippen molar-refractivity contribution in [3.05, 3.63) is 70.3 Å². The van der Waals surface area contributed by atoms with Gasteiger partial charge in [-0.2, -0.15) is 0 Å². The third-order valence-electron chi connectivity index (χ3n) is 5.50. The molecule has 6 heteroatoms. The zero-order valence-corrected chi connectivity index (χ0v) is 16.8. The molecule has 3 atom stereocenters. The van der Waals surface area contributed by atoms with E-state index in [1.807, 2.05) is 0 Å². The maximum absolute atomic E-state index is 13.5. The van der Waals surface area contributed by atoms with Gasteiger partial charge in [0, 0.05) is 25.6 Å². The minimum Gasteiger partial charge on any atom is -0.390 e. The van der Waals surface area contributed by atoms with Crippen LogP contribution in [0, 0.1) is 11.6 Å². The van der Waals surface area contributed by atoms with Gasteiger partial charge in [0.25, 0.3) is 0 Å². The Bertz CT molecular complexity index is 852. The molecular weight excluding hydrogens is 374 g/mol. The van der Waals surface area contributed by atoms with Crippen LogP contribution in [0.15, 0.2) is 36.4 Å². The Balaban J connectivity index is 1.66. The highest BCUT2D eigenvalue weighted by Crippen LogP contribution is 2.32. The summed E-state index contributed by atoms with van der Waals surface area (Å²) < 4.78 is 27.0. The molecule has 3 N–H and O–H groups in total. The minimum absolute atomic E-state index is 0.137. The molecule has 0 spiro atoms. The number of carbonyl (C=O) groups is 1. The molecule has 0 unspecified atom stereocenters. The van der Waals surface area contributed by atoms with E-state index in [1.165, 1.54) is 35.7 Å². The fourth-order valence-electron chi connectivity index (χ4n) is 4.02. The highest BCUT2D eigenvalue weighted by Gasteiger charge is 2.26. The summed E-state index contributed by atoms with van der Waals surface area (Å²) in [5.41, 5.74) is 4.25. The van der Waals surface area contributed by atoms with Gasteiger partial charge in [0.05, 0.1) is 12.1 Å². The molecule has 0 aromatic heterocycles. The standard InChI is InChI=1S/C23H28F2N2O2/c1-3-15-4-5-17-6-7-21(20(17)10-15)26-13-23(29)22(27-14(2)28)11-16-8-18(24)12-19(25)9-16/h4-5,8-10,12,21-23,26,29H,3,6-7,11,13H2,1-2H3,(H,27,28)/t21-,22-,23-/m0/s1. The Morgan fingerprint density at radius 1 is 1.17 bits per heavy atom. The van der Waals surface area contributed by atoms with Gasteiger partial charge in [-0.15, -0.1) is 0 Å². The number of carbonyl (C=O) groups excluding carboxylic acids is 1. The average molecular weight is 402 g/mol. The lowest BCUT2D eigenvalue weighted by Gasteiger charge is -2.26. The van der Waals surface area contributed by atoms with Gasteiger partial charge >= 0.3 is 0 Å². The van der Waals surface area contributed by atoms with Crippen molar-refractivity contribution in [2.45, 2.75) is 57.7 Å². The van der Waals surface area contributed by atoms with E-state index in [2.05, 4.69) is 35.8 Å². The van der Waals surface area contributed by atoms with E-state index in [0.717, 1.165) is 25.3 Å². The number of hydrogen-bond donors (Lipinski definition) is 3. The van der Waals surface area contributed by atoms with Crippen LogP contribution in [0.2, 0.25) is 0 Å². The number of rotatable bonds is 8. The summed E-state index contributed by atoms with van der Waals surface area (Å²) in [5.74, 6) is -1.66. The van der Waals surface area contributed by atoms with Gasteiger partial charge in [0.15, 0.2) is 0 Å². The average Bonchev–Trinajstić information content (AvgIpc) is 3.06. The molecule has 4 nitrogen and oxygen atoms in total. The first-order valence-corrected chi connectivity index (χ1v) is 10.1. The van der Waals surface area contributed by atoms with Gasteiger partial charge in [-0.1, -0.05) is 25.1 Å². The first-order valence-electron chi connectivity index (χ1n) is 10.1. The molecule has 29 heavy (non-hydrogen) atoms. The van der Waals surface area contributed by atoms with Crippen LogP contribution in [-0.4, -0.2) is 29.7 Å². The van der Waals surface area contributed by atoms with Crippen LogP contribution in [0.1, 0.15) is 48.6 Å². The summed E-state index contributed by atoms with van der Waals surface area (Å²) in [5, 5.41) is 16.8. The van der Waals surface area contributed by atoms with Crippen LogP contribution >= 0.6 is 0 Å². The number of aryl methyl sites for hydroxylation is 2. The lowest BCUT2D eigenvalue weighted by atomic mass is 9.99. The van der Waals surface area contributed by atoms with Gasteiger partial charge < -0.3 is 15.7 Å². The van der Waals surface area contributed by atoms with Crippen LogP contribution in [0.25, 0.3) is 0 Å². The van der Waals surface area contributed by atoms with Crippen molar-refractivity contribution in [2.24, 2.45) is 0 Å². The third-order valence-corrected chi connectivity index (χ3v) is 5.50. The summed E-state index contributed by atoms with van der Waals surface area (Å²) in [6, 6.07) is 9.28. The maximum Gasteiger partial charge on any atom is 0.217 e. The van der Waals surface area contributed by atoms with Crippen molar-refractivity contribution in [1.29, 1.82) is 0 Å². The summed E-state index contributed by atoms with van der Waals surface area (Å²) in [4.78, 5) is 11.6. The summed E-state index contributed by atoms with van der Waals surface area (Å²) >= 11 is 0. The van der Waals surface area contributed by atoms with Gasteiger partial charge in [-0.3, -0.25) is 4.79 Å². The molecule has 156 valence electrons.